The fourth-order valence-corrected chi connectivity index (χ4v) is 2.49. The number of nitrogens with one attached hydrogen (secondary N) is 1. The van der Waals surface area contributed by atoms with Crippen molar-refractivity contribution < 1.29 is 0 Å². The Labute approximate surface area is 98.7 Å². The molecule has 1 aromatic rings. The molecule has 0 saturated carbocycles. The highest BCUT2D eigenvalue weighted by Crippen LogP contribution is 2.21. The van der Waals surface area contributed by atoms with E-state index in [1.54, 1.807) is 0 Å². The minimum Gasteiger partial charge on any atom is -0.315 e. The fourth-order valence-electron chi connectivity index (χ4n) is 2.49. The second kappa shape index (κ2) is 6.02. The van der Waals surface area contributed by atoms with Crippen molar-refractivity contribution >= 4 is 0 Å². The van der Waals surface area contributed by atoms with Crippen LogP contribution < -0.4 is 5.32 Å². The van der Waals surface area contributed by atoms with Crippen molar-refractivity contribution in [2.45, 2.75) is 25.8 Å². The molecule has 0 radical (unpaired) electrons. The summed E-state index contributed by atoms with van der Waals surface area (Å²) in [6.45, 7) is 6.94. The maximum Gasteiger partial charge on any atom is 0.0472 e. The molecule has 1 aliphatic rings. The summed E-state index contributed by atoms with van der Waals surface area (Å²) in [6, 6.07) is 11.4. The SMILES string of the molecule is CCCN1CCCNCC1c1ccccc1. The van der Waals surface area contributed by atoms with Crippen LogP contribution in [0, 0.1) is 0 Å². The maximum atomic E-state index is 3.54. The molecule has 1 atom stereocenters. The van der Waals surface area contributed by atoms with Crippen molar-refractivity contribution in [3.05, 3.63) is 35.9 Å². The van der Waals surface area contributed by atoms with Gasteiger partial charge in [0, 0.05) is 19.1 Å². The van der Waals surface area contributed by atoms with E-state index < -0.39 is 0 Å². The van der Waals surface area contributed by atoms with Gasteiger partial charge in [-0.15, -0.1) is 0 Å². The molecular formula is C14H22N2. The summed E-state index contributed by atoms with van der Waals surface area (Å²) in [5.74, 6) is 0. The molecule has 1 heterocycles. The van der Waals surface area contributed by atoms with Crippen molar-refractivity contribution in [3.63, 3.8) is 0 Å². The van der Waals surface area contributed by atoms with Crippen LogP contribution in [0.1, 0.15) is 31.4 Å². The molecule has 1 saturated heterocycles. The van der Waals surface area contributed by atoms with E-state index in [9.17, 15) is 0 Å². The van der Waals surface area contributed by atoms with Gasteiger partial charge in [-0.1, -0.05) is 37.3 Å². The Kier molecular flexibility index (Phi) is 4.37. The summed E-state index contributed by atoms with van der Waals surface area (Å²) in [4.78, 5) is 2.62. The van der Waals surface area contributed by atoms with Crippen molar-refractivity contribution in [1.29, 1.82) is 0 Å². The zero-order chi connectivity index (χ0) is 11.2. The number of hydrogen-bond acceptors (Lipinski definition) is 2. The molecule has 1 aromatic carbocycles. The third-order valence-electron chi connectivity index (χ3n) is 3.27. The lowest BCUT2D eigenvalue weighted by Gasteiger charge is -2.29. The molecular weight excluding hydrogens is 196 g/mol. The van der Waals surface area contributed by atoms with Crippen LogP contribution in [-0.4, -0.2) is 31.1 Å². The summed E-state index contributed by atoms with van der Waals surface area (Å²) in [5, 5.41) is 3.54. The van der Waals surface area contributed by atoms with Crippen LogP contribution in [0.15, 0.2) is 30.3 Å². The second-order valence-corrected chi connectivity index (χ2v) is 4.52. The van der Waals surface area contributed by atoms with Gasteiger partial charge in [-0.3, -0.25) is 4.90 Å². The van der Waals surface area contributed by atoms with Gasteiger partial charge < -0.3 is 5.32 Å². The van der Waals surface area contributed by atoms with E-state index in [0.717, 1.165) is 13.1 Å². The summed E-state index contributed by atoms with van der Waals surface area (Å²) < 4.78 is 0. The molecule has 0 bridgehead atoms. The normalized spacial score (nSPS) is 22.9. The highest BCUT2D eigenvalue weighted by atomic mass is 15.2. The number of nitrogens with zero attached hydrogens (tertiary/aromatic N) is 1. The smallest absolute Gasteiger partial charge is 0.0472 e. The highest BCUT2D eigenvalue weighted by Gasteiger charge is 2.20. The first-order valence-corrected chi connectivity index (χ1v) is 6.41. The van der Waals surface area contributed by atoms with E-state index >= 15 is 0 Å². The van der Waals surface area contributed by atoms with Gasteiger partial charge in [-0.25, -0.2) is 0 Å². The average Bonchev–Trinajstić information content (AvgIpc) is 2.56. The largest absolute Gasteiger partial charge is 0.315 e. The topological polar surface area (TPSA) is 15.3 Å². The molecule has 0 spiro atoms. The van der Waals surface area contributed by atoms with Gasteiger partial charge in [-0.05, 0) is 31.5 Å². The molecule has 88 valence electrons. The van der Waals surface area contributed by atoms with E-state index in [4.69, 9.17) is 0 Å². The van der Waals surface area contributed by atoms with Crippen LogP contribution in [0.2, 0.25) is 0 Å². The Morgan fingerprint density at radius 2 is 2.12 bits per heavy atom. The molecule has 16 heavy (non-hydrogen) atoms. The lowest BCUT2D eigenvalue weighted by atomic mass is 10.1. The van der Waals surface area contributed by atoms with E-state index in [0.29, 0.717) is 6.04 Å². The molecule has 2 rings (SSSR count). The standard InChI is InChI=1S/C14H22N2/c1-2-10-16-11-6-9-15-12-14(16)13-7-4-3-5-8-13/h3-5,7-8,14-15H,2,6,9-12H2,1H3. The van der Waals surface area contributed by atoms with Crippen molar-refractivity contribution in [2.75, 3.05) is 26.2 Å². The Morgan fingerprint density at radius 3 is 2.88 bits per heavy atom. The van der Waals surface area contributed by atoms with Crippen LogP contribution in [0.3, 0.4) is 0 Å². The van der Waals surface area contributed by atoms with Gasteiger partial charge in [0.25, 0.3) is 0 Å². The summed E-state index contributed by atoms with van der Waals surface area (Å²) in [7, 11) is 0. The Hall–Kier alpha value is -0.860. The summed E-state index contributed by atoms with van der Waals surface area (Å²) >= 11 is 0. The zero-order valence-corrected chi connectivity index (χ0v) is 10.2. The third kappa shape index (κ3) is 2.83. The first-order chi connectivity index (χ1) is 7.92. The lowest BCUT2D eigenvalue weighted by molar-refractivity contribution is 0.211. The van der Waals surface area contributed by atoms with Crippen molar-refractivity contribution in [2.24, 2.45) is 0 Å². The predicted octanol–water partition coefficient (Wildman–Crippen LogP) is 2.43. The zero-order valence-electron chi connectivity index (χ0n) is 10.2. The van der Waals surface area contributed by atoms with Crippen molar-refractivity contribution in [3.8, 4) is 0 Å². The van der Waals surface area contributed by atoms with Gasteiger partial charge in [0.1, 0.15) is 0 Å². The van der Waals surface area contributed by atoms with Crippen LogP contribution in [0.25, 0.3) is 0 Å². The van der Waals surface area contributed by atoms with E-state index in [2.05, 4.69) is 47.5 Å². The molecule has 1 aliphatic heterocycles. The minimum atomic E-state index is 0.559. The molecule has 2 nitrogen and oxygen atoms in total. The maximum absolute atomic E-state index is 3.54. The summed E-state index contributed by atoms with van der Waals surface area (Å²) in [5.41, 5.74) is 1.45. The van der Waals surface area contributed by atoms with Gasteiger partial charge in [0.05, 0.1) is 0 Å². The van der Waals surface area contributed by atoms with Crippen LogP contribution >= 0.6 is 0 Å². The van der Waals surface area contributed by atoms with Gasteiger partial charge in [0.2, 0.25) is 0 Å². The monoisotopic (exact) mass is 218 g/mol. The minimum absolute atomic E-state index is 0.559. The summed E-state index contributed by atoms with van der Waals surface area (Å²) in [6.07, 6.45) is 2.51. The predicted molar refractivity (Wildman–Crippen MR) is 68.5 cm³/mol. The van der Waals surface area contributed by atoms with Gasteiger partial charge in [-0.2, -0.15) is 0 Å². The Bertz CT molecular complexity index is 297. The van der Waals surface area contributed by atoms with Crippen LogP contribution in [0.5, 0.6) is 0 Å². The number of hydrogen-bond donors (Lipinski definition) is 1. The fraction of sp³-hybridized carbons (Fsp3) is 0.571. The van der Waals surface area contributed by atoms with E-state index in [-0.39, 0.29) is 0 Å². The molecule has 1 unspecified atom stereocenters. The number of rotatable bonds is 3. The first kappa shape index (κ1) is 11.6. The quantitative estimate of drug-likeness (QED) is 0.838. The van der Waals surface area contributed by atoms with E-state index in [1.807, 2.05) is 0 Å². The molecule has 1 N–H and O–H groups in total. The Balaban J connectivity index is 2.14. The van der Waals surface area contributed by atoms with Crippen molar-refractivity contribution in [1.82, 2.24) is 10.2 Å². The molecule has 0 aromatic heterocycles. The number of benzene rings is 1. The van der Waals surface area contributed by atoms with E-state index in [1.165, 1.54) is 31.5 Å². The third-order valence-corrected chi connectivity index (χ3v) is 3.27. The average molecular weight is 218 g/mol. The van der Waals surface area contributed by atoms with Crippen LogP contribution in [-0.2, 0) is 0 Å². The lowest BCUT2D eigenvalue weighted by Crippen LogP contribution is -2.33. The highest BCUT2D eigenvalue weighted by molar-refractivity contribution is 5.19. The Morgan fingerprint density at radius 1 is 1.31 bits per heavy atom. The molecule has 2 heteroatoms. The molecule has 0 aliphatic carbocycles. The van der Waals surface area contributed by atoms with Crippen LogP contribution in [0.4, 0.5) is 0 Å². The first-order valence-electron chi connectivity index (χ1n) is 6.41. The van der Waals surface area contributed by atoms with Gasteiger partial charge >= 0.3 is 0 Å². The molecule has 1 fully saturated rings. The van der Waals surface area contributed by atoms with Gasteiger partial charge in [0.15, 0.2) is 0 Å². The molecule has 0 amide bonds. The second-order valence-electron chi connectivity index (χ2n) is 4.52.